The lowest BCUT2D eigenvalue weighted by molar-refractivity contribution is -0.137. The number of methoxy groups -OCH3 is 1. The van der Waals surface area contributed by atoms with E-state index < -0.39 is 35.1 Å². The van der Waals surface area contributed by atoms with Gasteiger partial charge in [0, 0.05) is 0 Å². The number of hydrogen-bond acceptors (Lipinski definition) is 4. The number of nitrogens with zero attached hydrogens (tertiary/aromatic N) is 1. The minimum absolute atomic E-state index is 0.342. The molecule has 0 aliphatic carbocycles. The molecular formula is C9H6F3NO4. The maximum Gasteiger partial charge on any atom is 0.416 e. The highest BCUT2D eigenvalue weighted by Crippen LogP contribution is 2.30. The van der Waals surface area contributed by atoms with E-state index in [9.17, 15) is 22.8 Å². The number of halogens is 3. The first-order valence-electron chi connectivity index (χ1n) is 4.16. The van der Waals surface area contributed by atoms with Crippen molar-refractivity contribution in [3.05, 3.63) is 29.1 Å². The molecule has 1 aromatic heterocycles. The molecule has 0 amide bonds. The van der Waals surface area contributed by atoms with Crippen LogP contribution >= 0.6 is 0 Å². The Morgan fingerprint density at radius 1 is 1.29 bits per heavy atom. The third-order valence-electron chi connectivity index (χ3n) is 1.77. The van der Waals surface area contributed by atoms with E-state index in [2.05, 4.69) is 9.72 Å². The Labute approximate surface area is 92.8 Å². The van der Waals surface area contributed by atoms with Crippen molar-refractivity contribution in [3.8, 4) is 0 Å². The Balaban J connectivity index is 3.39. The molecule has 1 heterocycles. The van der Waals surface area contributed by atoms with Crippen LogP contribution in [0.5, 0.6) is 0 Å². The number of aromatic carboxylic acids is 1. The predicted molar refractivity (Wildman–Crippen MR) is 47.5 cm³/mol. The number of esters is 1. The summed E-state index contributed by atoms with van der Waals surface area (Å²) >= 11 is 0. The largest absolute Gasteiger partial charge is 0.477 e. The lowest BCUT2D eigenvalue weighted by Crippen LogP contribution is -2.14. The molecule has 92 valence electrons. The van der Waals surface area contributed by atoms with Crippen LogP contribution in [0.2, 0.25) is 0 Å². The zero-order chi connectivity index (χ0) is 13.2. The van der Waals surface area contributed by atoms with Gasteiger partial charge in [-0.05, 0) is 12.1 Å². The van der Waals surface area contributed by atoms with Crippen LogP contribution in [0.15, 0.2) is 12.1 Å². The molecule has 0 radical (unpaired) electrons. The molecule has 0 aromatic carbocycles. The van der Waals surface area contributed by atoms with Gasteiger partial charge in [0.05, 0.1) is 12.7 Å². The van der Waals surface area contributed by atoms with Gasteiger partial charge in [-0.15, -0.1) is 0 Å². The number of carboxylic acids is 1. The minimum Gasteiger partial charge on any atom is -0.477 e. The van der Waals surface area contributed by atoms with Gasteiger partial charge < -0.3 is 9.84 Å². The third kappa shape index (κ3) is 2.92. The number of rotatable bonds is 2. The number of carbonyl (C=O) groups is 2. The summed E-state index contributed by atoms with van der Waals surface area (Å²) in [7, 11) is 0.949. The molecule has 17 heavy (non-hydrogen) atoms. The molecule has 0 aliphatic heterocycles. The van der Waals surface area contributed by atoms with Gasteiger partial charge in [0.25, 0.3) is 0 Å². The summed E-state index contributed by atoms with van der Waals surface area (Å²) in [6.07, 6.45) is -4.77. The first-order chi connectivity index (χ1) is 7.75. The Bertz CT molecular complexity index is 470. The standard InChI is InChI=1S/C9H6F3NO4/c1-17-8(16)6-3-4(9(10,11)12)2-5(13-6)7(14)15/h2-3H,1H3,(H,14,15). The summed E-state index contributed by atoms with van der Waals surface area (Å²) in [5.41, 5.74) is -2.86. The van der Waals surface area contributed by atoms with E-state index in [-0.39, 0.29) is 0 Å². The average molecular weight is 249 g/mol. The van der Waals surface area contributed by atoms with Gasteiger partial charge in [-0.1, -0.05) is 0 Å². The number of ether oxygens (including phenoxy) is 1. The lowest BCUT2D eigenvalue weighted by Gasteiger charge is -2.08. The van der Waals surface area contributed by atoms with Crippen molar-refractivity contribution in [3.63, 3.8) is 0 Å². The van der Waals surface area contributed by atoms with Crippen molar-refractivity contribution in [1.82, 2.24) is 4.98 Å². The van der Waals surface area contributed by atoms with E-state index in [1.807, 2.05) is 0 Å². The van der Waals surface area contributed by atoms with E-state index in [0.717, 1.165) is 7.11 Å². The monoisotopic (exact) mass is 249 g/mol. The minimum atomic E-state index is -4.77. The van der Waals surface area contributed by atoms with Gasteiger partial charge in [-0.3, -0.25) is 0 Å². The second kappa shape index (κ2) is 4.40. The van der Waals surface area contributed by atoms with Crippen LogP contribution in [0.3, 0.4) is 0 Å². The molecule has 0 fully saturated rings. The van der Waals surface area contributed by atoms with E-state index in [4.69, 9.17) is 5.11 Å². The SMILES string of the molecule is COC(=O)c1cc(C(F)(F)F)cc(C(=O)O)n1. The number of alkyl halides is 3. The summed E-state index contributed by atoms with van der Waals surface area (Å²) in [5, 5.41) is 8.57. The van der Waals surface area contributed by atoms with Crippen LogP contribution in [0.25, 0.3) is 0 Å². The van der Waals surface area contributed by atoms with E-state index >= 15 is 0 Å². The maximum atomic E-state index is 12.4. The normalized spacial score (nSPS) is 11.1. The number of pyridine rings is 1. The van der Waals surface area contributed by atoms with Gasteiger partial charge in [-0.25, -0.2) is 14.6 Å². The van der Waals surface area contributed by atoms with Crippen LogP contribution < -0.4 is 0 Å². The second-order valence-electron chi connectivity index (χ2n) is 2.92. The Hall–Kier alpha value is -2.12. The highest BCUT2D eigenvalue weighted by atomic mass is 19.4. The molecular weight excluding hydrogens is 243 g/mol. The van der Waals surface area contributed by atoms with Crippen molar-refractivity contribution < 1.29 is 32.6 Å². The first kappa shape index (κ1) is 12.9. The van der Waals surface area contributed by atoms with Gasteiger partial charge in [0.2, 0.25) is 0 Å². The van der Waals surface area contributed by atoms with Crippen molar-refractivity contribution >= 4 is 11.9 Å². The quantitative estimate of drug-likeness (QED) is 0.805. The number of hydrogen-bond donors (Lipinski definition) is 1. The van der Waals surface area contributed by atoms with Crippen molar-refractivity contribution in [2.24, 2.45) is 0 Å². The fourth-order valence-corrected chi connectivity index (χ4v) is 1.01. The van der Waals surface area contributed by atoms with Crippen molar-refractivity contribution in [2.75, 3.05) is 7.11 Å². The molecule has 1 N–H and O–H groups in total. The highest BCUT2D eigenvalue weighted by Gasteiger charge is 2.33. The molecule has 0 unspecified atom stereocenters. The zero-order valence-electron chi connectivity index (χ0n) is 8.41. The van der Waals surface area contributed by atoms with Gasteiger partial charge in [0.15, 0.2) is 0 Å². The number of carboxylic acid groups (broad SMARTS) is 1. The molecule has 0 saturated carbocycles. The van der Waals surface area contributed by atoms with Crippen molar-refractivity contribution in [2.45, 2.75) is 6.18 Å². The molecule has 5 nitrogen and oxygen atoms in total. The average Bonchev–Trinajstić information content (AvgIpc) is 2.26. The Morgan fingerprint density at radius 2 is 1.82 bits per heavy atom. The molecule has 8 heteroatoms. The Kier molecular flexibility index (Phi) is 3.35. The molecule has 1 rings (SSSR count). The van der Waals surface area contributed by atoms with Crippen LogP contribution in [-0.4, -0.2) is 29.1 Å². The molecule has 0 atom stereocenters. The van der Waals surface area contributed by atoms with Crippen LogP contribution in [-0.2, 0) is 10.9 Å². The number of carbonyl (C=O) groups excluding carboxylic acids is 1. The van der Waals surface area contributed by atoms with Gasteiger partial charge in [-0.2, -0.15) is 13.2 Å². The summed E-state index contributed by atoms with van der Waals surface area (Å²) in [6, 6.07) is 0.771. The Morgan fingerprint density at radius 3 is 2.24 bits per heavy atom. The van der Waals surface area contributed by atoms with Crippen LogP contribution in [0.4, 0.5) is 13.2 Å². The van der Waals surface area contributed by atoms with Crippen LogP contribution in [0, 0.1) is 0 Å². The zero-order valence-corrected chi connectivity index (χ0v) is 8.41. The second-order valence-corrected chi connectivity index (χ2v) is 2.92. The molecule has 0 saturated heterocycles. The predicted octanol–water partition coefficient (Wildman–Crippen LogP) is 1.59. The molecule has 0 spiro atoms. The van der Waals surface area contributed by atoms with Gasteiger partial charge >= 0.3 is 18.1 Å². The first-order valence-corrected chi connectivity index (χ1v) is 4.16. The molecule has 0 bridgehead atoms. The highest BCUT2D eigenvalue weighted by molar-refractivity contribution is 5.91. The molecule has 0 aliphatic rings. The van der Waals surface area contributed by atoms with Crippen LogP contribution in [0.1, 0.15) is 26.5 Å². The third-order valence-corrected chi connectivity index (χ3v) is 1.77. The molecule has 1 aromatic rings. The maximum absolute atomic E-state index is 12.4. The summed E-state index contributed by atoms with van der Waals surface area (Å²) in [6.45, 7) is 0. The summed E-state index contributed by atoms with van der Waals surface area (Å²) < 4.78 is 41.4. The lowest BCUT2D eigenvalue weighted by atomic mass is 10.2. The van der Waals surface area contributed by atoms with E-state index in [1.165, 1.54) is 0 Å². The van der Waals surface area contributed by atoms with Gasteiger partial charge in [0.1, 0.15) is 11.4 Å². The smallest absolute Gasteiger partial charge is 0.416 e. The topological polar surface area (TPSA) is 76.5 Å². The fraction of sp³-hybridized carbons (Fsp3) is 0.222. The van der Waals surface area contributed by atoms with Crippen molar-refractivity contribution in [1.29, 1.82) is 0 Å². The number of aromatic nitrogens is 1. The summed E-state index contributed by atoms with van der Waals surface area (Å²) in [5.74, 6) is -2.81. The fourth-order valence-electron chi connectivity index (χ4n) is 1.01. The van der Waals surface area contributed by atoms with E-state index in [1.54, 1.807) is 0 Å². The van der Waals surface area contributed by atoms with E-state index in [0.29, 0.717) is 12.1 Å². The summed E-state index contributed by atoms with van der Waals surface area (Å²) in [4.78, 5) is 24.8.